The van der Waals surface area contributed by atoms with Crippen LogP contribution in [0.1, 0.15) is 46.5 Å². The summed E-state index contributed by atoms with van der Waals surface area (Å²) in [5.41, 5.74) is 8.94. The molecule has 0 aromatic heterocycles. The van der Waals surface area contributed by atoms with Crippen LogP contribution in [0.25, 0.3) is 0 Å². The zero-order valence-electron chi connectivity index (χ0n) is 9.77. The van der Waals surface area contributed by atoms with Crippen LogP contribution in [0.2, 0.25) is 0 Å². The molecule has 0 spiro atoms. The van der Waals surface area contributed by atoms with Gasteiger partial charge >= 0.3 is 0 Å². The first-order valence-corrected chi connectivity index (χ1v) is 5.44. The second kappa shape index (κ2) is 7.43. The highest BCUT2D eigenvalue weighted by molar-refractivity contribution is 5.38. The van der Waals surface area contributed by atoms with Crippen molar-refractivity contribution in [1.82, 2.24) is 0 Å². The van der Waals surface area contributed by atoms with Crippen LogP contribution < -0.4 is 5.73 Å². The van der Waals surface area contributed by atoms with Crippen LogP contribution >= 0.6 is 0 Å². The molecule has 2 N–H and O–H groups in total. The zero-order valence-corrected chi connectivity index (χ0v) is 9.77. The molecule has 0 heterocycles. The smallest absolute Gasteiger partial charge is 0.0113 e. The van der Waals surface area contributed by atoms with E-state index >= 15 is 0 Å². The van der Waals surface area contributed by atoms with Crippen molar-refractivity contribution < 1.29 is 0 Å². The third kappa shape index (κ3) is 4.90. The van der Waals surface area contributed by atoms with E-state index in [0.717, 1.165) is 29.7 Å². The molecule has 0 aliphatic rings. The Hall–Kier alpha value is -0.980. The Kier molecular flexibility index (Phi) is 6.91. The minimum absolute atomic E-state index is 0.896. The topological polar surface area (TPSA) is 26.0 Å². The molecule has 0 unspecified atom stereocenters. The fraction of sp³-hybridized carbons (Fsp3) is 0.538. The van der Waals surface area contributed by atoms with E-state index in [1.54, 1.807) is 0 Å². The van der Waals surface area contributed by atoms with Gasteiger partial charge in [-0.2, -0.15) is 0 Å². The Morgan fingerprint density at radius 1 is 1.36 bits per heavy atom. The third-order valence-corrected chi connectivity index (χ3v) is 2.39. The van der Waals surface area contributed by atoms with Crippen molar-refractivity contribution in [3.8, 4) is 0 Å². The number of hydrogen-bond acceptors (Lipinski definition) is 1. The molecule has 0 saturated heterocycles. The number of hydrogen-bond donors (Lipinski definition) is 1. The maximum atomic E-state index is 5.83. The molecule has 0 amide bonds. The van der Waals surface area contributed by atoms with E-state index in [9.17, 15) is 0 Å². The Labute approximate surface area is 88.4 Å². The number of nitrogens with two attached hydrogens (primary N) is 1. The summed E-state index contributed by atoms with van der Waals surface area (Å²) < 4.78 is 0. The summed E-state index contributed by atoms with van der Waals surface area (Å²) in [6.45, 7) is 10.3. The number of rotatable bonds is 6. The second-order valence-electron chi connectivity index (χ2n) is 3.57. The molecule has 1 nitrogen and oxygen atoms in total. The number of allylic oxidation sites excluding steroid dienone is 5. The van der Waals surface area contributed by atoms with Crippen molar-refractivity contribution in [3.05, 3.63) is 35.6 Å². The van der Waals surface area contributed by atoms with Gasteiger partial charge < -0.3 is 5.73 Å². The summed E-state index contributed by atoms with van der Waals surface area (Å²) in [6.07, 6.45) is 8.77. The van der Waals surface area contributed by atoms with Gasteiger partial charge in [-0.3, -0.25) is 0 Å². The Morgan fingerprint density at radius 2 is 2.00 bits per heavy atom. The molecule has 0 aromatic carbocycles. The average Bonchev–Trinajstić information content (AvgIpc) is 2.21. The molecule has 0 saturated carbocycles. The van der Waals surface area contributed by atoms with Crippen molar-refractivity contribution in [2.24, 2.45) is 5.73 Å². The molecule has 0 atom stereocenters. The summed E-state index contributed by atoms with van der Waals surface area (Å²) in [5, 5.41) is 0. The van der Waals surface area contributed by atoms with Crippen molar-refractivity contribution in [3.63, 3.8) is 0 Å². The van der Waals surface area contributed by atoms with Crippen molar-refractivity contribution in [1.29, 1.82) is 0 Å². The highest BCUT2D eigenvalue weighted by Gasteiger charge is 1.96. The summed E-state index contributed by atoms with van der Waals surface area (Å²) in [4.78, 5) is 0. The normalized spacial score (nSPS) is 13.1. The van der Waals surface area contributed by atoms with Gasteiger partial charge in [-0.05, 0) is 30.9 Å². The standard InChI is InChI=1S/C13H23N/c1-5-7-8-9-10-11(3)12(4)13(14)6-2/h9-10H,3,5-8,14H2,1-2,4H3/b10-9-,13-12-. The van der Waals surface area contributed by atoms with E-state index in [4.69, 9.17) is 5.73 Å². The zero-order chi connectivity index (χ0) is 11.0. The number of unbranched alkanes of at least 4 members (excludes halogenated alkanes) is 2. The third-order valence-electron chi connectivity index (χ3n) is 2.39. The van der Waals surface area contributed by atoms with E-state index < -0.39 is 0 Å². The van der Waals surface area contributed by atoms with E-state index in [0.29, 0.717) is 0 Å². The van der Waals surface area contributed by atoms with Gasteiger partial charge in [0.05, 0.1) is 0 Å². The maximum Gasteiger partial charge on any atom is 0.0113 e. The van der Waals surface area contributed by atoms with Crippen LogP contribution in [-0.2, 0) is 0 Å². The van der Waals surface area contributed by atoms with Gasteiger partial charge in [-0.15, -0.1) is 0 Å². The molecule has 0 aliphatic heterocycles. The van der Waals surface area contributed by atoms with E-state index in [1.807, 2.05) is 6.92 Å². The molecular weight excluding hydrogens is 170 g/mol. The molecule has 0 aromatic rings. The van der Waals surface area contributed by atoms with Gasteiger partial charge in [0.15, 0.2) is 0 Å². The van der Waals surface area contributed by atoms with Crippen molar-refractivity contribution >= 4 is 0 Å². The van der Waals surface area contributed by atoms with Gasteiger partial charge in [0.25, 0.3) is 0 Å². The summed E-state index contributed by atoms with van der Waals surface area (Å²) in [6, 6.07) is 0. The van der Waals surface area contributed by atoms with Gasteiger partial charge in [0.2, 0.25) is 0 Å². The van der Waals surface area contributed by atoms with Crippen LogP contribution in [0.3, 0.4) is 0 Å². The lowest BCUT2D eigenvalue weighted by molar-refractivity contribution is 0.814. The minimum Gasteiger partial charge on any atom is -0.402 e. The Bertz CT molecular complexity index is 234. The lowest BCUT2D eigenvalue weighted by atomic mass is 10.1. The highest BCUT2D eigenvalue weighted by atomic mass is 14.6. The predicted molar refractivity (Wildman–Crippen MR) is 65.0 cm³/mol. The van der Waals surface area contributed by atoms with Crippen LogP contribution in [-0.4, -0.2) is 0 Å². The molecule has 0 radical (unpaired) electrons. The van der Waals surface area contributed by atoms with E-state index in [-0.39, 0.29) is 0 Å². The average molecular weight is 193 g/mol. The molecule has 1 heteroatoms. The van der Waals surface area contributed by atoms with Crippen LogP contribution in [0, 0.1) is 0 Å². The Morgan fingerprint density at radius 3 is 2.50 bits per heavy atom. The van der Waals surface area contributed by atoms with Gasteiger partial charge in [-0.1, -0.05) is 45.4 Å². The van der Waals surface area contributed by atoms with Gasteiger partial charge in [-0.25, -0.2) is 0 Å². The Balaban J connectivity index is 4.14. The first-order chi connectivity index (χ1) is 6.63. The fourth-order valence-electron chi connectivity index (χ4n) is 1.14. The predicted octanol–water partition coefficient (Wildman–Crippen LogP) is 3.93. The first-order valence-electron chi connectivity index (χ1n) is 5.44. The quantitative estimate of drug-likeness (QED) is 0.502. The highest BCUT2D eigenvalue weighted by Crippen LogP contribution is 2.13. The van der Waals surface area contributed by atoms with Crippen molar-refractivity contribution in [2.75, 3.05) is 0 Å². The lowest BCUT2D eigenvalue weighted by Gasteiger charge is -2.04. The SMILES string of the molecule is C=C(/C=C\CCCC)/C(C)=C(\N)CC. The van der Waals surface area contributed by atoms with Crippen molar-refractivity contribution in [2.45, 2.75) is 46.5 Å². The van der Waals surface area contributed by atoms with Crippen LogP contribution in [0.5, 0.6) is 0 Å². The van der Waals surface area contributed by atoms with E-state index in [2.05, 4.69) is 32.6 Å². The lowest BCUT2D eigenvalue weighted by Crippen LogP contribution is -1.99. The van der Waals surface area contributed by atoms with Gasteiger partial charge in [0, 0.05) is 5.70 Å². The fourth-order valence-corrected chi connectivity index (χ4v) is 1.14. The summed E-state index contributed by atoms with van der Waals surface area (Å²) >= 11 is 0. The maximum absolute atomic E-state index is 5.83. The molecule has 14 heavy (non-hydrogen) atoms. The molecule has 80 valence electrons. The second-order valence-corrected chi connectivity index (χ2v) is 3.57. The largest absolute Gasteiger partial charge is 0.402 e. The monoisotopic (exact) mass is 193 g/mol. The summed E-state index contributed by atoms with van der Waals surface area (Å²) in [7, 11) is 0. The van der Waals surface area contributed by atoms with E-state index in [1.165, 1.54) is 12.8 Å². The molecule has 0 fully saturated rings. The van der Waals surface area contributed by atoms with Crippen LogP contribution in [0.4, 0.5) is 0 Å². The minimum atomic E-state index is 0.896. The summed E-state index contributed by atoms with van der Waals surface area (Å²) in [5.74, 6) is 0. The molecule has 0 rings (SSSR count). The molecule has 0 bridgehead atoms. The first kappa shape index (κ1) is 13.0. The van der Waals surface area contributed by atoms with Crippen LogP contribution in [0.15, 0.2) is 35.6 Å². The molecule has 0 aliphatic carbocycles. The van der Waals surface area contributed by atoms with Gasteiger partial charge in [0.1, 0.15) is 0 Å². The molecular formula is C13H23N.